The van der Waals surface area contributed by atoms with Crippen molar-refractivity contribution in [3.05, 3.63) is 48.3 Å². The van der Waals surface area contributed by atoms with Crippen LogP contribution in [0.1, 0.15) is 19.0 Å². The topological polar surface area (TPSA) is 115 Å². The fraction of sp³-hybridized carbons (Fsp3) is 0.250. The lowest BCUT2D eigenvalue weighted by molar-refractivity contribution is -0.154. The minimum atomic E-state index is -4.00. The van der Waals surface area contributed by atoms with Crippen molar-refractivity contribution in [2.75, 3.05) is 11.9 Å². The van der Waals surface area contributed by atoms with Gasteiger partial charge in [-0.25, -0.2) is 17.2 Å². The molecule has 2 heterocycles. The maximum absolute atomic E-state index is 13.0. The summed E-state index contributed by atoms with van der Waals surface area (Å²) in [4.78, 5) is 24.2. The van der Waals surface area contributed by atoms with Crippen LogP contribution in [0.4, 0.5) is 5.69 Å². The Balaban J connectivity index is 2.36. The van der Waals surface area contributed by atoms with E-state index in [-0.39, 0.29) is 22.9 Å². The molecular formula is C16H16N2O6S. The third-order valence-electron chi connectivity index (χ3n) is 3.96. The number of para-hydroxylation sites is 1. The molecule has 9 heteroatoms. The Morgan fingerprint density at radius 3 is 2.64 bits per heavy atom. The number of aliphatic carboxylic acids is 1. The number of aromatic nitrogens is 1. The number of fused-ring (bicyclic) bond motifs is 2. The van der Waals surface area contributed by atoms with Gasteiger partial charge in [0, 0.05) is 6.20 Å². The van der Waals surface area contributed by atoms with E-state index < -0.39 is 33.9 Å². The minimum absolute atomic E-state index is 0.00968. The second-order valence-corrected chi connectivity index (χ2v) is 7.30. The van der Waals surface area contributed by atoms with Gasteiger partial charge in [-0.2, -0.15) is 0 Å². The van der Waals surface area contributed by atoms with Crippen LogP contribution in [0, 0.1) is 0 Å². The van der Waals surface area contributed by atoms with Gasteiger partial charge in [0.15, 0.2) is 5.54 Å². The highest BCUT2D eigenvalue weighted by Gasteiger charge is 2.50. The van der Waals surface area contributed by atoms with Gasteiger partial charge >= 0.3 is 11.9 Å². The molecule has 0 radical (unpaired) electrons. The van der Waals surface area contributed by atoms with Crippen LogP contribution >= 0.6 is 0 Å². The molecule has 2 aromatic rings. The highest BCUT2D eigenvalue weighted by Crippen LogP contribution is 2.39. The first-order valence-electron chi connectivity index (χ1n) is 7.52. The number of hydrogen-bond acceptors (Lipinski definition) is 6. The van der Waals surface area contributed by atoms with E-state index in [4.69, 9.17) is 4.74 Å². The molecular weight excluding hydrogens is 348 g/mol. The number of carboxylic acids is 1. The largest absolute Gasteiger partial charge is 0.481 e. The lowest BCUT2D eigenvalue weighted by Crippen LogP contribution is -2.47. The normalized spacial score (nSPS) is 20.5. The second kappa shape index (κ2) is 5.92. The standard InChI is InChI=1S/C16H16N2O6S/c1-2-24-15(21)16(10-14(19)20)13-8-5-9-18(13)25(22,23)12-7-4-3-6-11(12)17-16/h3-9,17H,2,10H2,1H3,(H,19,20). The Morgan fingerprint density at radius 1 is 1.24 bits per heavy atom. The van der Waals surface area contributed by atoms with E-state index in [0.717, 1.165) is 3.97 Å². The summed E-state index contributed by atoms with van der Waals surface area (Å²) in [5, 5.41) is 12.2. The van der Waals surface area contributed by atoms with Crippen LogP contribution < -0.4 is 5.32 Å². The number of anilines is 1. The van der Waals surface area contributed by atoms with Crippen molar-refractivity contribution in [3.63, 3.8) is 0 Å². The van der Waals surface area contributed by atoms with Gasteiger partial charge < -0.3 is 15.2 Å². The Labute approximate surface area is 144 Å². The molecule has 0 amide bonds. The van der Waals surface area contributed by atoms with E-state index in [1.54, 1.807) is 19.1 Å². The van der Waals surface area contributed by atoms with Crippen LogP contribution in [0.2, 0.25) is 0 Å². The lowest BCUT2D eigenvalue weighted by Gasteiger charge is -2.30. The van der Waals surface area contributed by atoms with Crippen molar-refractivity contribution in [2.45, 2.75) is 23.8 Å². The number of nitrogens with one attached hydrogen (secondary N) is 1. The second-order valence-electron chi connectivity index (χ2n) is 5.51. The molecule has 0 aliphatic carbocycles. The number of rotatable bonds is 4. The van der Waals surface area contributed by atoms with Crippen molar-refractivity contribution >= 4 is 27.6 Å². The van der Waals surface area contributed by atoms with Crippen LogP contribution in [0.15, 0.2) is 47.5 Å². The monoisotopic (exact) mass is 364 g/mol. The first-order chi connectivity index (χ1) is 11.8. The van der Waals surface area contributed by atoms with Gasteiger partial charge in [-0.3, -0.25) is 4.79 Å². The maximum Gasteiger partial charge on any atom is 0.338 e. The number of carbonyl (C=O) groups excluding carboxylic acids is 1. The van der Waals surface area contributed by atoms with Crippen molar-refractivity contribution in [2.24, 2.45) is 0 Å². The molecule has 2 N–H and O–H groups in total. The molecule has 1 aliphatic rings. The van der Waals surface area contributed by atoms with E-state index >= 15 is 0 Å². The summed E-state index contributed by atoms with van der Waals surface area (Å²) >= 11 is 0. The van der Waals surface area contributed by atoms with Crippen LogP contribution in [0.3, 0.4) is 0 Å². The van der Waals surface area contributed by atoms with Gasteiger partial charge in [0.1, 0.15) is 4.90 Å². The van der Waals surface area contributed by atoms with Crippen molar-refractivity contribution in [1.29, 1.82) is 0 Å². The quantitative estimate of drug-likeness (QED) is 0.788. The maximum atomic E-state index is 13.0. The Kier molecular flexibility index (Phi) is 4.03. The van der Waals surface area contributed by atoms with E-state index in [0.29, 0.717) is 0 Å². The summed E-state index contributed by atoms with van der Waals surface area (Å²) in [5.74, 6) is -2.13. The molecule has 1 atom stereocenters. The van der Waals surface area contributed by atoms with Gasteiger partial charge in [0.05, 0.1) is 24.4 Å². The van der Waals surface area contributed by atoms with E-state index in [1.807, 2.05) is 0 Å². The molecule has 0 spiro atoms. The number of carbonyl (C=O) groups is 2. The summed E-state index contributed by atoms with van der Waals surface area (Å²) in [5.41, 5.74) is -1.74. The highest BCUT2D eigenvalue weighted by atomic mass is 32.2. The fourth-order valence-electron chi connectivity index (χ4n) is 2.94. The zero-order valence-corrected chi connectivity index (χ0v) is 14.1. The van der Waals surface area contributed by atoms with Gasteiger partial charge in [-0.1, -0.05) is 12.1 Å². The zero-order chi connectivity index (χ0) is 18.2. The number of nitrogens with zero attached hydrogens (tertiary/aromatic N) is 1. The van der Waals surface area contributed by atoms with Gasteiger partial charge in [-0.05, 0) is 31.2 Å². The molecule has 3 rings (SSSR count). The summed E-state index contributed by atoms with van der Waals surface area (Å²) in [6.45, 7) is 1.61. The average molecular weight is 364 g/mol. The van der Waals surface area contributed by atoms with Crippen LogP contribution in [0.5, 0.6) is 0 Å². The summed E-state index contributed by atoms with van der Waals surface area (Å²) < 4.78 is 31.9. The molecule has 0 saturated carbocycles. The number of hydrogen-bond donors (Lipinski definition) is 2. The molecule has 1 aromatic carbocycles. The summed E-state index contributed by atoms with van der Waals surface area (Å²) in [7, 11) is -4.00. The Hall–Kier alpha value is -2.81. The molecule has 1 aliphatic heterocycles. The predicted molar refractivity (Wildman–Crippen MR) is 87.6 cm³/mol. The number of benzene rings is 1. The third kappa shape index (κ3) is 2.56. The number of carboxylic acid groups (broad SMARTS) is 1. The lowest BCUT2D eigenvalue weighted by atomic mass is 9.90. The van der Waals surface area contributed by atoms with E-state index in [2.05, 4.69) is 5.32 Å². The van der Waals surface area contributed by atoms with E-state index in [1.165, 1.54) is 30.5 Å². The molecule has 0 saturated heterocycles. The summed E-state index contributed by atoms with van der Waals surface area (Å²) in [6, 6.07) is 8.86. The summed E-state index contributed by atoms with van der Waals surface area (Å²) in [6.07, 6.45) is 0.601. The van der Waals surface area contributed by atoms with Gasteiger partial charge in [-0.15, -0.1) is 0 Å². The molecule has 25 heavy (non-hydrogen) atoms. The smallest absolute Gasteiger partial charge is 0.338 e. The molecule has 1 aromatic heterocycles. The Bertz CT molecular complexity index is 949. The van der Waals surface area contributed by atoms with Crippen LogP contribution in [-0.4, -0.2) is 36.0 Å². The molecule has 8 nitrogen and oxygen atoms in total. The fourth-order valence-corrected chi connectivity index (χ4v) is 4.51. The minimum Gasteiger partial charge on any atom is -0.481 e. The molecule has 132 valence electrons. The van der Waals surface area contributed by atoms with E-state index in [9.17, 15) is 23.1 Å². The first-order valence-corrected chi connectivity index (χ1v) is 8.96. The van der Waals surface area contributed by atoms with Crippen molar-refractivity contribution < 1.29 is 27.9 Å². The molecule has 1 unspecified atom stereocenters. The molecule has 0 bridgehead atoms. The third-order valence-corrected chi connectivity index (χ3v) is 5.71. The first kappa shape index (κ1) is 17.0. The van der Waals surface area contributed by atoms with Crippen molar-refractivity contribution in [3.8, 4) is 0 Å². The SMILES string of the molecule is CCOC(=O)C1(CC(=O)O)Nc2ccccc2S(=O)(=O)n2cccc21. The zero-order valence-electron chi connectivity index (χ0n) is 13.3. The predicted octanol–water partition coefficient (Wildman–Crippen LogP) is 1.38. The molecule has 0 fully saturated rings. The highest BCUT2D eigenvalue weighted by molar-refractivity contribution is 7.90. The average Bonchev–Trinajstić information content (AvgIpc) is 3.02. The number of esters is 1. The number of ether oxygens (including phenoxy) is 1. The van der Waals surface area contributed by atoms with Gasteiger partial charge in [0.25, 0.3) is 10.0 Å². The van der Waals surface area contributed by atoms with Crippen molar-refractivity contribution in [1.82, 2.24) is 3.97 Å². The van der Waals surface area contributed by atoms with Gasteiger partial charge in [0.2, 0.25) is 0 Å². The van der Waals surface area contributed by atoms with Crippen LogP contribution in [-0.2, 0) is 29.9 Å². The van der Waals surface area contributed by atoms with Crippen LogP contribution in [0.25, 0.3) is 0 Å². The Morgan fingerprint density at radius 2 is 1.96 bits per heavy atom.